The number of likely N-dealkylation sites (N-methyl/N-ethyl adjacent to an activating group) is 1. The van der Waals surface area contributed by atoms with E-state index in [-0.39, 0.29) is 16.8 Å². The Bertz CT molecular complexity index is 2700. The number of hydrogen-bond donors (Lipinski definition) is 6. The number of fused-ring (bicyclic) bond motifs is 1. The molecule has 2 aliphatic rings. The second-order valence-electron chi connectivity index (χ2n) is 11.7. The topological polar surface area (TPSA) is 281 Å². The lowest BCUT2D eigenvalue weighted by Crippen LogP contribution is -2.70. The molecule has 0 fully saturated rings. The number of hydrogen-bond acceptors (Lipinski definition) is 10. The minimum Gasteiger partial charge on any atom is -0.343 e. The van der Waals surface area contributed by atoms with E-state index in [9.17, 15) is 61.5 Å². The molecule has 3 amide bonds. The highest BCUT2D eigenvalue weighted by atomic mass is 32.2. The largest absolute Gasteiger partial charge is 0.368 e. The van der Waals surface area contributed by atoms with Crippen LogP contribution in [-0.4, -0.2) is 80.3 Å². The molecule has 1 aliphatic carbocycles. The predicted molar refractivity (Wildman–Crippen MR) is 177 cm³/mol. The smallest absolute Gasteiger partial charge is 0.343 e. The molecule has 1 aliphatic heterocycles. The van der Waals surface area contributed by atoms with Crippen molar-refractivity contribution in [2.45, 2.75) is 26.0 Å². The molecule has 50 heavy (non-hydrogen) atoms. The molecule has 6 N–H and O–H groups in total. The highest BCUT2D eigenvalue weighted by Crippen LogP contribution is 2.49. The minimum absolute atomic E-state index is 0.0892. The van der Waals surface area contributed by atoms with Crippen LogP contribution in [0.25, 0.3) is 16.8 Å². The van der Waals surface area contributed by atoms with Gasteiger partial charge < -0.3 is 15.2 Å². The van der Waals surface area contributed by atoms with Gasteiger partial charge in [-0.3, -0.25) is 18.2 Å². The molecule has 3 aromatic carbocycles. The van der Waals surface area contributed by atoms with Crippen molar-refractivity contribution in [3.63, 3.8) is 0 Å². The van der Waals surface area contributed by atoms with Gasteiger partial charge in [-0.15, -0.1) is 0 Å². The molecule has 22 heteroatoms. The molecule has 0 spiro atoms. The van der Waals surface area contributed by atoms with Gasteiger partial charge in [0, 0.05) is 35.8 Å². The van der Waals surface area contributed by atoms with Crippen LogP contribution >= 0.6 is 0 Å². The first-order valence-corrected chi connectivity index (χ1v) is 19.6. The maximum absolute atomic E-state index is 15.0. The molecular weight excluding hydrogens is 745 g/mol. The van der Waals surface area contributed by atoms with Gasteiger partial charge in [0.1, 0.15) is 10.6 Å². The number of nitrogens with zero attached hydrogens (tertiary/aromatic N) is 2. The van der Waals surface area contributed by atoms with Crippen LogP contribution in [0.5, 0.6) is 0 Å². The van der Waals surface area contributed by atoms with Gasteiger partial charge in [0.2, 0.25) is 0 Å². The lowest BCUT2D eigenvalue weighted by Gasteiger charge is -2.46. The van der Waals surface area contributed by atoms with Crippen LogP contribution in [0.2, 0.25) is 0 Å². The monoisotopic (exact) mass is 769 g/mol. The van der Waals surface area contributed by atoms with Crippen molar-refractivity contribution in [2.24, 2.45) is 7.05 Å². The average molecular weight is 770 g/mol. The normalized spacial score (nSPS) is 20.9. The highest BCUT2D eigenvalue weighted by molar-refractivity contribution is 7.87. The molecule has 6 bridgehead atoms. The molecule has 0 saturated heterocycles. The predicted octanol–water partition coefficient (Wildman–Crippen LogP) is 2.51. The number of aromatic nitrogens is 1. The second kappa shape index (κ2) is 11.0. The van der Waals surface area contributed by atoms with Crippen molar-refractivity contribution in [3.05, 3.63) is 77.6 Å². The van der Waals surface area contributed by atoms with Crippen molar-refractivity contribution in [1.29, 1.82) is 0 Å². The molecule has 264 valence electrons. The summed E-state index contributed by atoms with van der Waals surface area (Å²) in [7, 11) is -18.6. The minimum atomic E-state index is -5.63. The van der Waals surface area contributed by atoms with Gasteiger partial charge in [0.05, 0.1) is 28.9 Å². The fraction of sp³-hybridized carbons (Fsp3) is 0.143. The first kappa shape index (κ1) is 35.3. The maximum Gasteiger partial charge on any atom is 0.368 e. The lowest BCUT2D eigenvalue weighted by molar-refractivity contribution is 0.0719. The summed E-state index contributed by atoms with van der Waals surface area (Å²) < 4.78 is 143. The second-order valence-corrected chi connectivity index (χ2v) is 17.6. The molecule has 1 aromatic heterocycles. The summed E-state index contributed by atoms with van der Waals surface area (Å²) in [6.45, 7) is 0. The molecule has 2 atom stereocenters. The first-order chi connectivity index (χ1) is 22.9. The standard InChI is InChI=1S/C28H24N4O14S4/c1-31-7-3-4-24(31)26(33)32(2)25-13-18(49(41,42)43)9-19-20(25)10-17(48(38,39)40)12-22(19)29-27(34)30-23-11-16(47(35,36)37)8-15-5-6-28(32,14-21(15)23)50(44,45)46/h3-13H,14H2,1-2H3,(H5-,29,30,34,35,36,37,38,39,40,41,42,43,44,45,46)/p+1. The molecule has 2 heterocycles. The number of carbonyl (C=O) groups excluding carboxylic acids is 2. The van der Waals surface area contributed by atoms with Crippen LogP contribution in [0.15, 0.2) is 75.5 Å². The first-order valence-electron chi connectivity index (χ1n) is 13.9. The van der Waals surface area contributed by atoms with Crippen LogP contribution in [0.3, 0.4) is 0 Å². The van der Waals surface area contributed by atoms with Gasteiger partial charge in [-0.1, -0.05) is 6.08 Å². The van der Waals surface area contributed by atoms with Gasteiger partial charge in [0.15, 0.2) is 5.69 Å². The zero-order valence-corrected chi connectivity index (χ0v) is 28.7. The Morgan fingerprint density at radius 1 is 0.800 bits per heavy atom. The van der Waals surface area contributed by atoms with Crippen LogP contribution in [0.4, 0.5) is 21.9 Å². The quantitative estimate of drug-likeness (QED) is 0.126. The van der Waals surface area contributed by atoms with Crippen LogP contribution in [-0.2, 0) is 53.9 Å². The number of amides is 3. The molecule has 4 aromatic rings. The van der Waals surface area contributed by atoms with E-state index in [0.717, 1.165) is 43.5 Å². The van der Waals surface area contributed by atoms with Crippen molar-refractivity contribution in [3.8, 4) is 0 Å². The molecule has 2 unspecified atom stereocenters. The van der Waals surface area contributed by atoms with Crippen molar-refractivity contribution >= 4 is 86.3 Å². The zero-order chi connectivity index (χ0) is 37.0. The van der Waals surface area contributed by atoms with E-state index >= 15 is 0 Å². The van der Waals surface area contributed by atoms with Gasteiger partial charge in [-0.25, -0.2) is 14.1 Å². The molecule has 6 rings (SSSR count). The fourth-order valence-electron chi connectivity index (χ4n) is 6.36. The number of quaternary nitrogens is 1. The Labute approximate surface area is 284 Å². The average Bonchev–Trinajstić information content (AvgIpc) is 3.42. The summed E-state index contributed by atoms with van der Waals surface area (Å²) in [6.07, 6.45) is 2.29. The van der Waals surface area contributed by atoms with Gasteiger partial charge in [0.25, 0.3) is 35.2 Å². The van der Waals surface area contributed by atoms with Gasteiger partial charge >= 0.3 is 22.1 Å². The SMILES string of the molecule is Cn1cccc1C(=O)[N+]1(C)c2cc(S(=O)(=O)O)cc3c(cc(S(=O)(=O)O)cc23)NC(=O)Nc2cc(S(=O)(=O)O)cc3c2CC1(S(=O)(=O)O)C=C3. The molecular formula is C28H25N4O14S4+. The summed E-state index contributed by atoms with van der Waals surface area (Å²) in [5.41, 5.74) is -2.14. The van der Waals surface area contributed by atoms with Crippen LogP contribution in [0, 0.1) is 0 Å². The number of carbonyl (C=O) groups is 2. The Hall–Kier alpha value is -4.52. The maximum atomic E-state index is 15.0. The van der Waals surface area contributed by atoms with E-state index in [1.54, 1.807) is 0 Å². The van der Waals surface area contributed by atoms with E-state index < -0.39 is 111 Å². The fourth-order valence-corrected chi connectivity index (χ4v) is 9.17. The number of anilines is 2. The number of rotatable bonds is 5. The molecule has 0 radical (unpaired) electrons. The van der Waals surface area contributed by atoms with Crippen LogP contribution < -0.4 is 15.1 Å². The third-order valence-corrected chi connectivity index (χ3v) is 12.9. The van der Waals surface area contributed by atoms with E-state index in [1.165, 1.54) is 29.9 Å². The van der Waals surface area contributed by atoms with Crippen molar-refractivity contribution in [2.75, 3.05) is 17.7 Å². The third-order valence-electron chi connectivity index (χ3n) is 8.85. The van der Waals surface area contributed by atoms with E-state index in [2.05, 4.69) is 10.6 Å². The number of benzene rings is 3. The van der Waals surface area contributed by atoms with Crippen LogP contribution in [0.1, 0.15) is 21.6 Å². The third kappa shape index (κ3) is 5.41. The Morgan fingerprint density at radius 2 is 1.34 bits per heavy atom. The zero-order valence-electron chi connectivity index (χ0n) is 25.5. The van der Waals surface area contributed by atoms with E-state index in [4.69, 9.17) is 0 Å². The molecule has 18 nitrogen and oxygen atoms in total. The summed E-state index contributed by atoms with van der Waals surface area (Å²) in [5, 5.41) is 3.73. The van der Waals surface area contributed by atoms with Gasteiger partial charge in [-0.05, 0) is 59.7 Å². The summed E-state index contributed by atoms with van der Waals surface area (Å²) >= 11 is 0. The van der Waals surface area contributed by atoms with E-state index in [0.29, 0.717) is 12.1 Å². The summed E-state index contributed by atoms with van der Waals surface area (Å²) in [5.74, 6) is -1.14. The van der Waals surface area contributed by atoms with E-state index in [1.807, 2.05) is 0 Å². The molecule has 0 saturated carbocycles. The Balaban J connectivity index is 1.92. The number of urea groups is 1. The van der Waals surface area contributed by atoms with Crippen molar-refractivity contribution < 1.29 is 61.5 Å². The Morgan fingerprint density at radius 3 is 1.90 bits per heavy atom. The highest BCUT2D eigenvalue weighted by Gasteiger charge is 2.64. The van der Waals surface area contributed by atoms with Crippen molar-refractivity contribution in [1.82, 2.24) is 9.05 Å². The van der Waals surface area contributed by atoms with Gasteiger partial charge in [-0.2, -0.15) is 33.7 Å². The number of nitrogens with one attached hydrogen (secondary N) is 2. The Kier molecular flexibility index (Phi) is 7.76. The lowest BCUT2D eigenvalue weighted by atomic mass is 9.88. The number of aryl methyl sites for hydroxylation is 1. The summed E-state index contributed by atoms with van der Waals surface area (Å²) in [6, 6.07) is 6.08. The summed E-state index contributed by atoms with van der Waals surface area (Å²) in [4.78, 5) is 22.8.